The van der Waals surface area contributed by atoms with Crippen molar-refractivity contribution in [3.63, 3.8) is 0 Å². The Morgan fingerprint density at radius 2 is 2.20 bits per heavy atom. The van der Waals surface area contributed by atoms with Crippen LogP contribution in [0.3, 0.4) is 0 Å². The zero-order valence-electron chi connectivity index (χ0n) is 13.4. The van der Waals surface area contributed by atoms with Gasteiger partial charge in [-0.15, -0.1) is 11.3 Å². The molecule has 1 aromatic heterocycles. The molecule has 7 nitrogen and oxygen atoms in total. The van der Waals surface area contributed by atoms with E-state index in [1.54, 1.807) is 17.0 Å². The van der Waals surface area contributed by atoms with Crippen LogP contribution in [0.2, 0.25) is 0 Å². The van der Waals surface area contributed by atoms with Gasteiger partial charge in [-0.2, -0.15) is 0 Å². The number of amides is 1. The van der Waals surface area contributed by atoms with Gasteiger partial charge >= 0.3 is 0 Å². The molecule has 0 unspecified atom stereocenters. The van der Waals surface area contributed by atoms with Crippen LogP contribution in [-0.2, 0) is 14.8 Å². The number of rotatable bonds is 7. The summed E-state index contributed by atoms with van der Waals surface area (Å²) >= 11 is 1.43. The number of aromatic nitrogens is 1. The van der Waals surface area contributed by atoms with Crippen LogP contribution in [-0.4, -0.2) is 32.5 Å². The number of hydrogen-bond donors (Lipinski definition) is 2. The van der Waals surface area contributed by atoms with E-state index in [0.29, 0.717) is 11.4 Å². The average molecular weight is 379 g/mol. The van der Waals surface area contributed by atoms with Crippen LogP contribution in [0, 0.1) is 0 Å². The lowest BCUT2D eigenvalue weighted by Crippen LogP contribution is -2.25. The zero-order valence-corrected chi connectivity index (χ0v) is 15.1. The predicted molar refractivity (Wildman–Crippen MR) is 96.1 cm³/mol. The van der Waals surface area contributed by atoms with Crippen LogP contribution in [0.4, 0.5) is 5.69 Å². The highest BCUT2D eigenvalue weighted by Crippen LogP contribution is 2.29. The Balaban J connectivity index is 1.79. The van der Waals surface area contributed by atoms with Crippen molar-refractivity contribution in [2.45, 2.75) is 23.8 Å². The second-order valence-corrected chi connectivity index (χ2v) is 7.93. The molecule has 0 atom stereocenters. The Hall–Kier alpha value is -2.23. The third-order valence-corrected chi connectivity index (χ3v) is 5.62. The number of sulfonamides is 1. The molecule has 0 bridgehead atoms. The van der Waals surface area contributed by atoms with Crippen molar-refractivity contribution in [3.8, 4) is 5.75 Å². The maximum absolute atomic E-state index is 12.3. The Labute approximate surface area is 149 Å². The minimum absolute atomic E-state index is 0.00573. The molecule has 1 aromatic carbocycles. The van der Waals surface area contributed by atoms with Gasteiger partial charge in [0.25, 0.3) is 0 Å². The first-order valence-electron chi connectivity index (χ1n) is 7.55. The first-order valence-corrected chi connectivity index (χ1v) is 9.98. The number of methoxy groups -OCH3 is 1. The van der Waals surface area contributed by atoms with Crippen LogP contribution in [0.1, 0.15) is 18.5 Å². The highest BCUT2D eigenvalue weighted by molar-refractivity contribution is 7.89. The third kappa shape index (κ3) is 4.65. The highest BCUT2D eigenvalue weighted by Gasteiger charge is 2.28. The van der Waals surface area contributed by atoms with E-state index in [-0.39, 0.29) is 16.6 Å². The Morgan fingerprint density at radius 3 is 2.84 bits per heavy atom. The molecule has 1 aliphatic carbocycles. The van der Waals surface area contributed by atoms with Gasteiger partial charge in [-0.05, 0) is 37.1 Å². The molecular formula is C16H17N3O4S2. The van der Waals surface area contributed by atoms with Gasteiger partial charge in [0.15, 0.2) is 0 Å². The highest BCUT2D eigenvalue weighted by atomic mass is 32.2. The predicted octanol–water partition coefficient (Wildman–Crippen LogP) is 2.24. The molecule has 2 aromatic rings. The average Bonchev–Trinajstić information content (AvgIpc) is 3.23. The van der Waals surface area contributed by atoms with E-state index in [4.69, 9.17) is 4.74 Å². The smallest absolute Gasteiger partial charge is 0.248 e. The summed E-state index contributed by atoms with van der Waals surface area (Å²) in [5.74, 6) is -0.0308. The molecule has 1 fully saturated rings. The molecule has 1 saturated carbocycles. The molecule has 0 aliphatic heterocycles. The molecule has 0 radical (unpaired) electrons. The molecule has 132 valence electrons. The first kappa shape index (κ1) is 17.6. The minimum atomic E-state index is -3.61. The van der Waals surface area contributed by atoms with Crippen LogP contribution in [0.5, 0.6) is 5.75 Å². The Kier molecular flexibility index (Phi) is 5.16. The molecule has 1 heterocycles. The van der Waals surface area contributed by atoms with Crippen molar-refractivity contribution in [1.82, 2.24) is 9.71 Å². The molecule has 9 heteroatoms. The van der Waals surface area contributed by atoms with Crippen LogP contribution in [0.15, 0.2) is 40.1 Å². The normalized spacial score (nSPS) is 14.6. The van der Waals surface area contributed by atoms with E-state index >= 15 is 0 Å². The van der Waals surface area contributed by atoms with Gasteiger partial charge in [0.2, 0.25) is 15.9 Å². The minimum Gasteiger partial charge on any atom is -0.495 e. The Morgan fingerprint density at radius 1 is 1.40 bits per heavy atom. The number of carbonyl (C=O) groups excluding carboxylic acids is 1. The summed E-state index contributed by atoms with van der Waals surface area (Å²) in [5.41, 5.74) is 2.63. The van der Waals surface area contributed by atoms with Crippen LogP contribution < -0.4 is 14.8 Å². The van der Waals surface area contributed by atoms with Crippen molar-refractivity contribution in [3.05, 3.63) is 40.9 Å². The number of ether oxygens (including phenoxy) is 1. The second-order valence-electron chi connectivity index (χ2n) is 5.49. The monoisotopic (exact) mass is 379 g/mol. The molecular weight excluding hydrogens is 362 g/mol. The lowest BCUT2D eigenvalue weighted by molar-refractivity contribution is -0.111. The fourth-order valence-corrected chi connectivity index (χ4v) is 3.93. The number of anilines is 1. The van der Waals surface area contributed by atoms with E-state index in [1.165, 1.54) is 42.7 Å². The quantitative estimate of drug-likeness (QED) is 0.719. The van der Waals surface area contributed by atoms with E-state index < -0.39 is 15.9 Å². The van der Waals surface area contributed by atoms with Gasteiger partial charge in [0.1, 0.15) is 5.75 Å². The summed E-state index contributed by atoms with van der Waals surface area (Å²) in [5, 5.41) is 4.44. The number of benzene rings is 1. The summed E-state index contributed by atoms with van der Waals surface area (Å²) in [6, 6.07) is 4.36. The molecule has 25 heavy (non-hydrogen) atoms. The van der Waals surface area contributed by atoms with E-state index in [0.717, 1.165) is 12.8 Å². The SMILES string of the molecule is COc1ccc(S(=O)(=O)NC2CC2)cc1NC(=O)/C=C\c1cscn1. The first-order chi connectivity index (χ1) is 12.0. The maximum Gasteiger partial charge on any atom is 0.248 e. The summed E-state index contributed by atoms with van der Waals surface area (Å²) in [7, 11) is -2.16. The molecule has 3 rings (SSSR count). The van der Waals surface area contributed by atoms with Crippen molar-refractivity contribution < 1.29 is 17.9 Å². The van der Waals surface area contributed by atoms with Crippen molar-refractivity contribution in [1.29, 1.82) is 0 Å². The largest absolute Gasteiger partial charge is 0.495 e. The standard InChI is InChI=1S/C16H17N3O4S2/c1-23-15-6-5-13(25(21,22)19-11-2-3-11)8-14(15)18-16(20)7-4-12-9-24-10-17-12/h4-11,19H,2-3H2,1H3,(H,18,20)/b7-4-. The number of hydrogen-bond acceptors (Lipinski definition) is 6. The maximum atomic E-state index is 12.3. The number of thiazole rings is 1. The molecule has 0 saturated heterocycles. The number of nitrogens with one attached hydrogen (secondary N) is 2. The molecule has 0 spiro atoms. The zero-order chi connectivity index (χ0) is 17.9. The number of carbonyl (C=O) groups is 1. The lowest BCUT2D eigenvalue weighted by Gasteiger charge is -2.12. The van der Waals surface area contributed by atoms with Crippen molar-refractivity contribution >= 4 is 39.0 Å². The van der Waals surface area contributed by atoms with E-state index in [1.807, 2.05) is 0 Å². The molecule has 2 N–H and O–H groups in total. The van der Waals surface area contributed by atoms with Crippen molar-refractivity contribution in [2.75, 3.05) is 12.4 Å². The lowest BCUT2D eigenvalue weighted by atomic mass is 10.3. The summed E-state index contributed by atoms with van der Waals surface area (Å²) in [6.07, 6.45) is 4.60. The van der Waals surface area contributed by atoms with E-state index in [9.17, 15) is 13.2 Å². The second kappa shape index (κ2) is 7.34. The molecule has 1 aliphatic rings. The van der Waals surface area contributed by atoms with Gasteiger partial charge in [0.05, 0.1) is 28.9 Å². The topological polar surface area (TPSA) is 97.4 Å². The number of nitrogens with zero attached hydrogens (tertiary/aromatic N) is 1. The molecule has 1 amide bonds. The van der Waals surface area contributed by atoms with Gasteiger partial charge < -0.3 is 10.1 Å². The van der Waals surface area contributed by atoms with Gasteiger partial charge in [-0.3, -0.25) is 4.79 Å². The van der Waals surface area contributed by atoms with Crippen molar-refractivity contribution in [2.24, 2.45) is 0 Å². The summed E-state index contributed by atoms with van der Waals surface area (Å²) in [6.45, 7) is 0. The van der Waals surface area contributed by atoms with E-state index in [2.05, 4.69) is 15.0 Å². The van der Waals surface area contributed by atoms with Gasteiger partial charge in [-0.25, -0.2) is 18.1 Å². The fraction of sp³-hybridized carbons (Fsp3) is 0.250. The van der Waals surface area contributed by atoms with Crippen LogP contribution in [0.25, 0.3) is 6.08 Å². The fourth-order valence-electron chi connectivity index (χ4n) is 2.08. The van der Waals surface area contributed by atoms with Gasteiger partial charge in [-0.1, -0.05) is 0 Å². The summed E-state index contributed by atoms with van der Waals surface area (Å²) in [4.78, 5) is 16.2. The van der Waals surface area contributed by atoms with Crippen LogP contribution >= 0.6 is 11.3 Å². The third-order valence-electron chi connectivity index (χ3n) is 3.50. The Bertz CT molecular complexity index is 888. The summed E-state index contributed by atoms with van der Waals surface area (Å²) < 4.78 is 32.4. The van der Waals surface area contributed by atoms with Gasteiger partial charge in [0, 0.05) is 17.5 Å².